The number of benzene rings is 1. The van der Waals surface area contributed by atoms with Crippen LogP contribution >= 0.6 is 0 Å². The van der Waals surface area contributed by atoms with Crippen LogP contribution < -0.4 is 10.6 Å². The zero-order valence-corrected chi connectivity index (χ0v) is 19.9. The van der Waals surface area contributed by atoms with Gasteiger partial charge in [0.1, 0.15) is 23.4 Å². The lowest BCUT2D eigenvalue weighted by Crippen LogP contribution is -2.55. The van der Waals surface area contributed by atoms with Crippen LogP contribution in [0, 0.1) is 11.7 Å². The summed E-state index contributed by atoms with van der Waals surface area (Å²) in [6.07, 6.45) is 0.694. The molecule has 1 saturated carbocycles. The molecule has 4 N–H and O–H groups in total. The summed E-state index contributed by atoms with van der Waals surface area (Å²) in [5.74, 6) is -4.07. The zero-order valence-electron chi connectivity index (χ0n) is 19.9. The lowest BCUT2D eigenvalue weighted by atomic mass is 10.0. The van der Waals surface area contributed by atoms with Crippen molar-refractivity contribution < 1.29 is 42.2 Å². The highest BCUT2D eigenvalue weighted by Gasteiger charge is 2.61. The minimum absolute atomic E-state index is 0.112. The molecule has 1 aromatic carbocycles. The number of allylic oxidation sites excluding steroid dienone is 1. The van der Waals surface area contributed by atoms with Crippen LogP contribution in [0.1, 0.15) is 50.5 Å². The maximum Gasteiger partial charge on any atom is 0.416 e. The first kappa shape index (κ1) is 26.9. The van der Waals surface area contributed by atoms with Gasteiger partial charge in [0.15, 0.2) is 0 Å². The SMILES string of the molecule is O=C1N[C@]2(C(=O)O)C[C@@H]2/C=C\CCCCC[C@H](Nc2cc(F)cc(C(F)(F)F)c2)C(=O)N2C[C@H](O)C[C@@H]12. The number of nitrogens with zero attached hydrogens (tertiary/aromatic N) is 1. The number of carboxylic acid groups (broad SMARTS) is 1. The minimum atomic E-state index is -4.79. The molecule has 0 aromatic heterocycles. The number of carboxylic acids is 1. The van der Waals surface area contributed by atoms with E-state index in [1.165, 1.54) is 0 Å². The van der Waals surface area contributed by atoms with Gasteiger partial charge in [0.05, 0.1) is 11.7 Å². The molecule has 1 aromatic rings. The van der Waals surface area contributed by atoms with E-state index >= 15 is 0 Å². The third kappa shape index (κ3) is 5.89. The molecule has 3 aliphatic rings. The molecule has 2 aliphatic heterocycles. The fraction of sp³-hybridized carbons (Fsp3) is 0.560. The van der Waals surface area contributed by atoms with Crippen molar-refractivity contribution in [2.45, 2.75) is 74.8 Å². The van der Waals surface area contributed by atoms with Gasteiger partial charge in [0.25, 0.3) is 0 Å². The highest BCUT2D eigenvalue weighted by atomic mass is 19.4. The molecule has 0 spiro atoms. The highest BCUT2D eigenvalue weighted by Crippen LogP contribution is 2.45. The standard InChI is InChI=1S/C25H29F4N3O5/c26-16-8-15(25(27,28)29)9-17(10-16)30-19-7-5-3-1-2-4-6-14-12-24(14,23(36)37)31-21(34)20-11-18(33)13-32(20)22(19)35/h4,6,8-10,14,18-20,30,33H,1-3,5,7,11-13H2,(H,31,34)(H,36,37)/b6-4-/t14-,18+,19-,20-,24+/m0/s1. The number of aliphatic hydroxyl groups is 1. The van der Waals surface area contributed by atoms with Gasteiger partial charge in [-0.1, -0.05) is 25.0 Å². The van der Waals surface area contributed by atoms with Crippen molar-refractivity contribution in [3.8, 4) is 0 Å². The minimum Gasteiger partial charge on any atom is -0.479 e. The molecule has 8 nitrogen and oxygen atoms in total. The number of carbonyl (C=O) groups is 3. The molecule has 5 atom stereocenters. The summed E-state index contributed by atoms with van der Waals surface area (Å²) in [6.45, 7) is -0.199. The van der Waals surface area contributed by atoms with Gasteiger partial charge in [-0.15, -0.1) is 0 Å². The number of anilines is 1. The quantitative estimate of drug-likeness (QED) is 0.355. The van der Waals surface area contributed by atoms with Crippen LogP contribution in [0.5, 0.6) is 0 Å². The van der Waals surface area contributed by atoms with E-state index in [0.717, 1.165) is 17.4 Å². The Morgan fingerprint density at radius 3 is 2.62 bits per heavy atom. The van der Waals surface area contributed by atoms with Crippen LogP contribution in [0.25, 0.3) is 0 Å². The Balaban J connectivity index is 1.62. The molecule has 37 heavy (non-hydrogen) atoms. The number of aliphatic hydroxyl groups excluding tert-OH is 1. The van der Waals surface area contributed by atoms with Crippen molar-refractivity contribution in [1.82, 2.24) is 10.2 Å². The van der Waals surface area contributed by atoms with Gasteiger partial charge in [0.2, 0.25) is 11.8 Å². The normalized spacial score (nSPS) is 31.9. The second-order valence-corrected chi connectivity index (χ2v) is 9.96. The number of hydrogen-bond donors (Lipinski definition) is 4. The number of alkyl halides is 3. The molecule has 2 amide bonds. The fourth-order valence-corrected chi connectivity index (χ4v) is 5.12. The van der Waals surface area contributed by atoms with Crippen LogP contribution in [-0.2, 0) is 20.6 Å². The molecule has 0 bridgehead atoms. The molecule has 4 rings (SSSR count). The Morgan fingerprint density at radius 1 is 1.16 bits per heavy atom. The van der Waals surface area contributed by atoms with E-state index in [1.54, 1.807) is 6.08 Å². The van der Waals surface area contributed by atoms with E-state index in [4.69, 9.17) is 0 Å². The molecule has 1 aliphatic carbocycles. The van der Waals surface area contributed by atoms with E-state index < -0.39 is 59.1 Å². The van der Waals surface area contributed by atoms with Gasteiger partial charge >= 0.3 is 12.1 Å². The third-order valence-electron chi connectivity index (χ3n) is 7.20. The predicted octanol–water partition coefficient (Wildman–Crippen LogP) is 3.07. The van der Waals surface area contributed by atoms with Crippen molar-refractivity contribution in [3.05, 3.63) is 41.7 Å². The van der Waals surface area contributed by atoms with Crippen LogP contribution in [-0.4, -0.2) is 63.2 Å². The van der Waals surface area contributed by atoms with Crippen LogP contribution in [0.4, 0.5) is 23.2 Å². The second kappa shape index (κ2) is 10.3. The number of hydrogen-bond acceptors (Lipinski definition) is 5. The molecule has 0 radical (unpaired) electrons. The Hall–Kier alpha value is -3.15. The van der Waals surface area contributed by atoms with Crippen molar-refractivity contribution in [2.75, 3.05) is 11.9 Å². The Bertz CT molecular complexity index is 1090. The number of fused-ring (bicyclic) bond motifs is 2. The molecule has 12 heteroatoms. The summed E-state index contributed by atoms with van der Waals surface area (Å²) in [5.41, 5.74) is -2.93. The summed E-state index contributed by atoms with van der Waals surface area (Å²) in [5, 5.41) is 25.3. The summed E-state index contributed by atoms with van der Waals surface area (Å²) in [6, 6.07) is -0.320. The molecular weight excluding hydrogens is 498 g/mol. The average Bonchev–Trinajstić information content (AvgIpc) is 3.36. The number of rotatable bonds is 3. The summed E-state index contributed by atoms with van der Waals surface area (Å²) >= 11 is 0. The number of carbonyl (C=O) groups excluding carboxylic acids is 2. The van der Waals surface area contributed by atoms with Gasteiger partial charge in [-0.2, -0.15) is 13.2 Å². The fourth-order valence-electron chi connectivity index (χ4n) is 5.12. The van der Waals surface area contributed by atoms with Gasteiger partial charge in [-0.3, -0.25) is 9.59 Å². The van der Waals surface area contributed by atoms with E-state index in [-0.39, 0.29) is 37.4 Å². The largest absolute Gasteiger partial charge is 0.479 e. The second-order valence-electron chi connectivity index (χ2n) is 9.96. The molecule has 2 fully saturated rings. The predicted molar refractivity (Wildman–Crippen MR) is 124 cm³/mol. The number of aliphatic carboxylic acids is 1. The molecule has 0 unspecified atom stereocenters. The van der Waals surface area contributed by atoms with Gasteiger partial charge in [0, 0.05) is 24.6 Å². The topological polar surface area (TPSA) is 119 Å². The highest BCUT2D eigenvalue weighted by molar-refractivity contribution is 5.96. The Labute approximate surface area is 210 Å². The number of amides is 2. The molecule has 2 heterocycles. The van der Waals surface area contributed by atoms with Crippen molar-refractivity contribution in [2.24, 2.45) is 5.92 Å². The maximum atomic E-state index is 14.0. The summed E-state index contributed by atoms with van der Waals surface area (Å²) < 4.78 is 53.6. The molecular formula is C25H29F4N3O5. The van der Waals surface area contributed by atoms with Crippen molar-refractivity contribution >= 4 is 23.5 Å². The summed E-state index contributed by atoms with van der Waals surface area (Å²) in [7, 11) is 0. The zero-order chi connectivity index (χ0) is 27.0. The van der Waals surface area contributed by atoms with Gasteiger partial charge in [-0.25, -0.2) is 9.18 Å². The monoisotopic (exact) mass is 527 g/mol. The first-order valence-corrected chi connectivity index (χ1v) is 12.3. The molecule has 202 valence electrons. The third-order valence-corrected chi connectivity index (χ3v) is 7.20. The lowest BCUT2D eigenvalue weighted by Gasteiger charge is -2.30. The van der Waals surface area contributed by atoms with E-state index in [2.05, 4.69) is 10.6 Å². The van der Waals surface area contributed by atoms with Gasteiger partial charge in [-0.05, 0) is 43.9 Å². The van der Waals surface area contributed by atoms with Crippen LogP contribution in [0.15, 0.2) is 30.4 Å². The van der Waals surface area contributed by atoms with Crippen molar-refractivity contribution in [1.29, 1.82) is 0 Å². The van der Waals surface area contributed by atoms with E-state index in [1.807, 2.05) is 6.08 Å². The van der Waals surface area contributed by atoms with Crippen molar-refractivity contribution in [3.63, 3.8) is 0 Å². The Morgan fingerprint density at radius 2 is 1.92 bits per heavy atom. The molecule has 1 saturated heterocycles. The van der Waals surface area contributed by atoms with E-state index in [9.17, 15) is 42.2 Å². The lowest BCUT2D eigenvalue weighted by molar-refractivity contribution is -0.145. The smallest absolute Gasteiger partial charge is 0.416 e. The van der Waals surface area contributed by atoms with Crippen LogP contribution in [0.3, 0.4) is 0 Å². The average molecular weight is 528 g/mol. The number of nitrogens with one attached hydrogen (secondary N) is 2. The van der Waals surface area contributed by atoms with E-state index in [0.29, 0.717) is 31.4 Å². The first-order valence-electron chi connectivity index (χ1n) is 12.3. The van der Waals surface area contributed by atoms with Crippen LogP contribution in [0.2, 0.25) is 0 Å². The number of halogens is 4. The Kier molecular flexibility index (Phi) is 7.50. The first-order chi connectivity index (χ1) is 17.4. The summed E-state index contributed by atoms with van der Waals surface area (Å²) in [4.78, 5) is 39.8. The maximum absolute atomic E-state index is 14.0. The van der Waals surface area contributed by atoms with Gasteiger partial charge < -0.3 is 25.7 Å².